The molecule has 3 aromatic rings. The number of halogens is 4. The van der Waals surface area contributed by atoms with Crippen molar-refractivity contribution in [3.8, 4) is 0 Å². The summed E-state index contributed by atoms with van der Waals surface area (Å²) in [6.07, 6.45) is -4.91. The molecule has 3 aromatic carbocycles. The minimum Gasteiger partial charge on any atom is -0.378 e. The lowest BCUT2D eigenvalue weighted by Crippen LogP contribution is -2.37. The molecule has 0 radical (unpaired) electrons. The van der Waals surface area contributed by atoms with E-state index in [2.05, 4.69) is 0 Å². The molecule has 0 fully saturated rings. The molecule has 3 rings (SSSR count). The summed E-state index contributed by atoms with van der Waals surface area (Å²) in [6, 6.07) is 23.7. The average molecular weight is 448 g/mol. The zero-order valence-corrected chi connectivity index (χ0v) is 17.9. The smallest absolute Gasteiger partial charge is 0.378 e. The van der Waals surface area contributed by atoms with Crippen LogP contribution >= 0.6 is 11.6 Å². The third kappa shape index (κ3) is 5.88. The van der Waals surface area contributed by atoms with E-state index in [1.165, 1.54) is 6.07 Å². The van der Waals surface area contributed by atoms with Crippen molar-refractivity contribution in [3.05, 3.63) is 106 Å². The second kappa shape index (κ2) is 10.3. The predicted molar refractivity (Wildman–Crippen MR) is 118 cm³/mol. The van der Waals surface area contributed by atoms with Crippen LogP contribution in [0.2, 0.25) is 5.02 Å². The average Bonchev–Trinajstić information content (AvgIpc) is 2.77. The molecule has 0 aliphatic heterocycles. The minimum atomic E-state index is -4.53. The summed E-state index contributed by atoms with van der Waals surface area (Å²) < 4.78 is 39.9. The fraction of sp³-hybridized carbons (Fsp3) is 0.280. The van der Waals surface area contributed by atoms with Crippen molar-refractivity contribution in [2.75, 3.05) is 6.54 Å². The van der Waals surface area contributed by atoms with Crippen LogP contribution in [0.5, 0.6) is 0 Å². The number of rotatable bonds is 8. The lowest BCUT2D eigenvalue weighted by molar-refractivity contribution is -0.137. The molecular formula is C25H25ClF3NO. The molecule has 0 spiro atoms. The summed E-state index contributed by atoms with van der Waals surface area (Å²) in [5.41, 5.74) is 1.61. The van der Waals surface area contributed by atoms with E-state index in [-0.39, 0.29) is 17.5 Å². The lowest BCUT2D eigenvalue weighted by Gasteiger charge is -2.32. The Hall–Kier alpha value is -2.34. The number of aliphatic hydroxyl groups excluding tert-OH is 1. The Morgan fingerprint density at radius 1 is 0.871 bits per heavy atom. The second-order valence-electron chi connectivity index (χ2n) is 7.47. The van der Waals surface area contributed by atoms with Crippen molar-refractivity contribution < 1.29 is 18.3 Å². The van der Waals surface area contributed by atoms with E-state index >= 15 is 0 Å². The predicted octanol–water partition coefficient (Wildman–Crippen LogP) is 6.72. The van der Waals surface area contributed by atoms with Crippen molar-refractivity contribution >= 4 is 11.6 Å². The zero-order chi connectivity index (χ0) is 22.4. The molecule has 6 heteroatoms. The third-order valence-electron chi connectivity index (χ3n) is 5.37. The molecule has 164 valence electrons. The Labute approximate surface area is 185 Å². The van der Waals surface area contributed by atoms with Crippen LogP contribution in [0.25, 0.3) is 0 Å². The molecule has 2 nitrogen and oxygen atoms in total. The van der Waals surface area contributed by atoms with E-state index in [0.717, 1.165) is 17.2 Å². The number of aliphatic hydroxyl groups is 1. The van der Waals surface area contributed by atoms with Crippen molar-refractivity contribution in [2.24, 2.45) is 0 Å². The summed E-state index contributed by atoms with van der Waals surface area (Å²) >= 11 is 6.13. The van der Waals surface area contributed by atoms with Crippen LogP contribution in [-0.2, 0) is 12.7 Å². The fourth-order valence-electron chi connectivity index (χ4n) is 3.70. The van der Waals surface area contributed by atoms with Gasteiger partial charge in [0.2, 0.25) is 0 Å². The maximum Gasteiger partial charge on any atom is 0.417 e. The monoisotopic (exact) mass is 447 g/mol. The Kier molecular flexibility index (Phi) is 7.76. The van der Waals surface area contributed by atoms with Crippen LogP contribution in [0.15, 0.2) is 78.9 Å². The molecule has 1 N–H and O–H groups in total. The summed E-state index contributed by atoms with van der Waals surface area (Å²) in [4.78, 5) is 1.78. The SMILES string of the molecule is CCC(O)N(Cc1cccc(C(F)(F)F)c1Cl)CC(c1ccccc1)c1ccccc1. The Morgan fingerprint density at radius 2 is 1.42 bits per heavy atom. The summed E-state index contributed by atoms with van der Waals surface area (Å²) in [5, 5.41) is 10.4. The van der Waals surface area contributed by atoms with Gasteiger partial charge < -0.3 is 5.11 Å². The highest BCUT2D eigenvalue weighted by Crippen LogP contribution is 2.37. The first-order chi connectivity index (χ1) is 14.8. The molecule has 0 bridgehead atoms. The van der Waals surface area contributed by atoms with E-state index < -0.39 is 18.0 Å². The van der Waals surface area contributed by atoms with Gasteiger partial charge in [-0.05, 0) is 29.2 Å². The van der Waals surface area contributed by atoms with Gasteiger partial charge in [-0.1, -0.05) is 91.3 Å². The Balaban J connectivity index is 1.95. The van der Waals surface area contributed by atoms with Crippen LogP contribution in [0.4, 0.5) is 13.2 Å². The molecule has 0 amide bonds. The van der Waals surface area contributed by atoms with E-state index in [9.17, 15) is 18.3 Å². The molecule has 0 aliphatic carbocycles. The molecule has 0 aliphatic rings. The second-order valence-corrected chi connectivity index (χ2v) is 7.85. The highest BCUT2D eigenvalue weighted by molar-refractivity contribution is 6.32. The van der Waals surface area contributed by atoms with Gasteiger partial charge in [-0.3, -0.25) is 4.90 Å². The van der Waals surface area contributed by atoms with Gasteiger partial charge in [0, 0.05) is 19.0 Å². The van der Waals surface area contributed by atoms with Gasteiger partial charge in [-0.2, -0.15) is 13.2 Å². The van der Waals surface area contributed by atoms with Crippen LogP contribution in [0.3, 0.4) is 0 Å². The largest absolute Gasteiger partial charge is 0.417 e. The number of hydrogen-bond acceptors (Lipinski definition) is 2. The fourth-order valence-corrected chi connectivity index (χ4v) is 3.99. The van der Waals surface area contributed by atoms with Gasteiger partial charge in [0.05, 0.1) is 10.6 Å². The maximum atomic E-state index is 13.3. The topological polar surface area (TPSA) is 23.5 Å². The van der Waals surface area contributed by atoms with Gasteiger partial charge in [-0.25, -0.2) is 0 Å². The Morgan fingerprint density at radius 3 is 1.90 bits per heavy atom. The van der Waals surface area contributed by atoms with Crippen LogP contribution < -0.4 is 0 Å². The van der Waals surface area contributed by atoms with Gasteiger partial charge in [-0.15, -0.1) is 0 Å². The van der Waals surface area contributed by atoms with Crippen LogP contribution in [-0.4, -0.2) is 22.8 Å². The normalized spacial score (nSPS) is 13.0. The van der Waals surface area contributed by atoms with Crippen molar-refractivity contribution in [3.63, 3.8) is 0 Å². The molecule has 31 heavy (non-hydrogen) atoms. The van der Waals surface area contributed by atoms with Gasteiger partial charge in [0.25, 0.3) is 0 Å². The van der Waals surface area contributed by atoms with Crippen LogP contribution in [0, 0.1) is 0 Å². The molecule has 1 unspecified atom stereocenters. The summed E-state index contributed by atoms with van der Waals surface area (Å²) in [6.45, 7) is 2.37. The van der Waals surface area contributed by atoms with Crippen molar-refractivity contribution in [1.29, 1.82) is 0 Å². The molecule has 0 saturated carbocycles. The third-order valence-corrected chi connectivity index (χ3v) is 5.81. The van der Waals surface area contributed by atoms with Crippen molar-refractivity contribution in [2.45, 2.75) is 38.2 Å². The molecule has 0 saturated heterocycles. The summed E-state index contributed by atoms with van der Waals surface area (Å²) in [5.74, 6) is -0.0619. The minimum absolute atomic E-state index is 0.0619. The number of nitrogens with zero attached hydrogens (tertiary/aromatic N) is 1. The highest BCUT2D eigenvalue weighted by atomic mass is 35.5. The van der Waals surface area contributed by atoms with Crippen LogP contribution in [0.1, 0.15) is 41.5 Å². The standard InChI is InChI=1S/C25H25ClF3NO/c1-2-23(31)30(16-20-14-9-15-22(24(20)26)25(27,28)29)17-21(18-10-5-3-6-11-18)19-12-7-4-8-13-19/h3-15,21,23,31H,2,16-17H2,1H3. The number of hydrogen-bond donors (Lipinski definition) is 1. The van der Waals surface area contributed by atoms with E-state index in [4.69, 9.17) is 11.6 Å². The summed E-state index contributed by atoms with van der Waals surface area (Å²) in [7, 11) is 0. The quantitative estimate of drug-likeness (QED) is 0.387. The van der Waals surface area contributed by atoms with Crippen molar-refractivity contribution in [1.82, 2.24) is 4.90 Å². The Bertz CT molecular complexity index is 924. The first kappa shape index (κ1) is 23.3. The molecule has 1 atom stereocenters. The molecule has 0 heterocycles. The zero-order valence-electron chi connectivity index (χ0n) is 17.2. The van der Waals surface area contributed by atoms with E-state index in [0.29, 0.717) is 18.5 Å². The van der Waals surface area contributed by atoms with E-state index in [1.807, 2.05) is 67.6 Å². The maximum absolute atomic E-state index is 13.3. The number of alkyl halides is 3. The number of benzene rings is 3. The van der Waals surface area contributed by atoms with Gasteiger partial charge >= 0.3 is 6.18 Å². The first-order valence-corrected chi connectivity index (χ1v) is 10.6. The van der Waals surface area contributed by atoms with Gasteiger partial charge in [0.1, 0.15) is 6.23 Å². The molecular weight excluding hydrogens is 423 g/mol. The molecule has 0 aromatic heterocycles. The first-order valence-electron chi connectivity index (χ1n) is 10.2. The highest BCUT2D eigenvalue weighted by Gasteiger charge is 2.34. The van der Waals surface area contributed by atoms with Gasteiger partial charge in [0.15, 0.2) is 0 Å². The van der Waals surface area contributed by atoms with E-state index in [1.54, 1.807) is 11.0 Å². The lowest BCUT2D eigenvalue weighted by atomic mass is 9.90.